The van der Waals surface area contributed by atoms with Crippen molar-refractivity contribution in [2.24, 2.45) is 0 Å². The smallest absolute Gasteiger partial charge is 0.267 e. The highest BCUT2D eigenvalue weighted by Crippen LogP contribution is 2.11. The molecule has 20 heavy (non-hydrogen) atoms. The van der Waals surface area contributed by atoms with Gasteiger partial charge in [-0.1, -0.05) is 6.42 Å². The second-order valence-corrected chi connectivity index (χ2v) is 4.75. The predicted molar refractivity (Wildman–Crippen MR) is 72.5 cm³/mol. The monoisotopic (exact) mass is 272 g/mol. The number of H-pyrrole nitrogens is 1. The zero-order chi connectivity index (χ0) is 13.8. The van der Waals surface area contributed by atoms with Crippen molar-refractivity contribution in [1.82, 2.24) is 30.6 Å². The molecule has 1 aliphatic heterocycles. The van der Waals surface area contributed by atoms with Crippen molar-refractivity contribution in [2.75, 3.05) is 13.1 Å². The van der Waals surface area contributed by atoms with E-state index >= 15 is 0 Å². The van der Waals surface area contributed by atoms with Crippen molar-refractivity contribution in [1.29, 1.82) is 0 Å². The first kappa shape index (κ1) is 12.7. The van der Waals surface area contributed by atoms with Gasteiger partial charge in [0.25, 0.3) is 5.91 Å². The summed E-state index contributed by atoms with van der Waals surface area (Å²) in [5.74, 6) is 0.469. The Labute approximate surface area is 116 Å². The van der Waals surface area contributed by atoms with Crippen molar-refractivity contribution < 1.29 is 4.79 Å². The predicted octanol–water partition coefficient (Wildman–Crippen LogP) is 0.997. The van der Waals surface area contributed by atoms with Crippen molar-refractivity contribution in [3.8, 4) is 11.5 Å². The molecule has 0 aliphatic carbocycles. The highest BCUT2D eigenvalue weighted by Gasteiger charge is 2.14. The highest BCUT2D eigenvalue weighted by molar-refractivity contribution is 5.93. The molecule has 0 unspecified atom stereocenters. The van der Waals surface area contributed by atoms with E-state index in [1.54, 1.807) is 18.3 Å². The third kappa shape index (κ3) is 2.83. The Balaban J connectivity index is 1.66. The number of piperidine rings is 1. The number of carbonyl (C=O) groups excluding carboxylic acids is 1. The van der Waals surface area contributed by atoms with Crippen LogP contribution in [0.1, 0.15) is 29.6 Å². The molecule has 1 aliphatic rings. The van der Waals surface area contributed by atoms with Gasteiger partial charge in [-0.15, -0.1) is 0 Å². The molecule has 0 aromatic carbocycles. The van der Waals surface area contributed by atoms with Gasteiger partial charge in [-0.3, -0.25) is 20.3 Å². The van der Waals surface area contributed by atoms with Crippen molar-refractivity contribution in [3.05, 3.63) is 30.2 Å². The van der Waals surface area contributed by atoms with Gasteiger partial charge in [0.15, 0.2) is 5.82 Å². The summed E-state index contributed by atoms with van der Waals surface area (Å²) in [6, 6.07) is 3.50. The molecule has 7 nitrogen and oxygen atoms in total. The van der Waals surface area contributed by atoms with Gasteiger partial charge in [-0.05, 0) is 25.0 Å². The van der Waals surface area contributed by atoms with Crippen LogP contribution in [0.4, 0.5) is 0 Å². The van der Waals surface area contributed by atoms with E-state index in [0.29, 0.717) is 17.1 Å². The Bertz CT molecular complexity index is 559. The van der Waals surface area contributed by atoms with E-state index in [1.807, 2.05) is 5.01 Å². The van der Waals surface area contributed by atoms with E-state index in [0.717, 1.165) is 25.9 Å². The van der Waals surface area contributed by atoms with Crippen LogP contribution in [0.5, 0.6) is 0 Å². The topological polar surface area (TPSA) is 86.8 Å². The quantitative estimate of drug-likeness (QED) is 0.870. The first-order valence-corrected chi connectivity index (χ1v) is 6.70. The standard InChI is InChI=1S/C13H16N6O/c20-13(18-19-6-2-1-3-7-19)10-4-5-11(14-8-10)12-15-9-16-17-12/h4-5,8-9H,1-3,6-7H2,(H,18,20)(H,15,16,17). The van der Waals surface area contributed by atoms with Gasteiger partial charge in [0.2, 0.25) is 0 Å². The maximum atomic E-state index is 12.1. The van der Waals surface area contributed by atoms with E-state index in [9.17, 15) is 4.79 Å². The summed E-state index contributed by atoms with van der Waals surface area (Å²) in [5, 5.41) is 8.48. The Hall–Kier alpha value is -2.28. The molecule has 0 spiro atoms. The van der Waals surface area contributed by atoms with Crippen LogP contribution in [-0.4, -0.2) is 44.2 Å². The summed E-state index contributed by atoms with van der Waals surface area (Å²) in [6.45, 7) is 1.82. The summed E-state index contributed by atoms with van der Waals surface area (Å²) in [6.07, 6.45) is 6.47. The van der Waals surface area contributed by atoms with Crippen LogP contribution in [-0.2, 0) is 0 Å². The Morgan fingerprint density at radius 1 is 1.20 bits per heavy atom. The van der Waals surface area contributed by atoms with Crippen molar-refractivity contribution in [2.45, 2.75) is 19.3 Å². The summed E-state index contributed by atoms with van der Waals surface area (Å²) < 4.78 is 0. The molecule has 0 radical (unpaired) electrons. The zero-order valence-electron chi connectivity index (χ0n) is 11.0. The molecule has 2 aromatic rings. The third-order valence-electron chi connectivity index (χ3n) is 3.30. The molecular formula is C13H16N6O. The summed E-state index contributed by atoms with van der Waals surface area (Å²) >= 11 is 0. The number of nitrogens with one attached hydrogen (secondary N) is 2. The maximum absolute atomic E-state index is 12.1. The minimum Gasteiger partial charge on any atom is -0.285 e. The van der Waals surface area contributed by atoms with Crippen LogP contribution in [0.25, 0.3) is 11.5 Å². The third-order valence-corrected chi connectivity index (χ3v) is 3.30. The number of hydrogen-bond acceptors (Lipinski definition) is 5. The van der Waals surface area contributed by atoms with Crippen LogP contribution in [0.2, 0.25) is 0 Å². The number of carbonyl (C=O) groups is 1. The Morgan fingerprint density at radius 2 is 2.05 bits per heavy atom. The fraction of sp³-hybridized carbons (Fsp3) is 0.385. The van der Waals surface area contributed by atoms with Crippen LogP contribution in [0.3, 0.4) is 0 Å². The lowest BCUT2D eigenvalue weighted by molar-refractivity contribution is 0.0749. The normalized spacial score (nSPS) is 16.0. The van der Waals surface area contributed by atoms with Crippen LogP contribution in [0.15, 0.2) is 24.7 Å². The van der Waals surface area contributed by atoms with E-state index < -0.39 is 0 Å². The molecule has 3 rings (SSSR count). The molecule has 1 saturated heterocycles. The summed E-state index contributed by atoms with van der Waals surface area (Å²) in [4.78, 5) is 20.3. The first-order valence-electron chi connectivity index (χ1n) is 6.70. The minimum absolute atomic E-state index is 0.122. The maximum Gasteiger partial charge on any atom is 0.267 e. The lowest BCUT2D eigenvalue weighted by Gasteiger charge is -2.26. The van der Waals surface area contributed by atoms with Gasteiger partial charge < -0.3 is 0 Å². The molecular weight excluding hydrogens is 256 g/mol. The fourth-order valence-electron chi connectivity index (χ4n) is 2.21. The molecule has 2 N–H and O–H groups in total. The number of amides is 1. The minimum atomic E-state index is -0.122. The number of pyridine rings is 1. The van der Waals surface area contributed by atoms with E-state index in [1.165, 1.54) is 12.7 Å². The van der Waals surface area contributed by atoms with E-state index in [4.69, 9.17) is 0 Å². The molecule has 104 valence electrons. The number of aromatic nitrogens is 4. The number of aromatic amines is 1. The molecule has 1 fully saturated rings. The van der Waals surface area contributed by atoms with E-state index in [2.05, 4.69) is 25.6 Å². The Kier molecular flexibility index (Phi) is 3.69. The fourth-order valence-corrected chi connectivity index (χ4v) is 2.21. The van der Waals surface area contributed by atoms with Crippen LogP contribution >= 0.6 is 0 Å². The summed E-state index contributed by atoms with van der Waals surface area (Å²) in [7, 11) is 0. The zero-order valence-corrected chi connectivity index (χ0v) is 11.0. The molecule has 0 atom stereocenters. The number of hydrazine groups is 1. The molecule has 1 amide bonds. The number of rotatable bonds is 3. The van der Waals surface area contributed by atoms with Crippen LogP contribution in [0, 0.1) is 0 Å². The number of hydrogen-bond donors (Lipinski definition) is 2. The molecule has 0 bridgehead atoms. The van der Waals surface area contributed by atoms with E-state index in [-0.39, 0.29) is 5.91 Å². The second-order valence-electron chi connectivity index (χ2n) is 4.75. The largest absolute Gasteiger partial charge is 0.285 e. The lowest BCUT2D eigenvalue weighted by Crippen LogP contribution is -2.45. The Morgan fingerprint density at radius 3 is 2.70 bits per heavy atom. The second kappa shape index (κ2) is 5.79. The molecule has 0 saturated carbocycles. The van der Waals surface area contributed by atoms with Gasteiger partial charge in [0, 0.05) is 19.3 Å². The van der Waals surface area contributed by atoms with Crippen LogP contribution < -0.4 is 5.43 Å². The molecule has 7 heteroatoms. The van der Waals surface area contributed by atoms with Gasteiger partial charge >= 0.3 is 0 Å². The van der Waals surface area contributed by atoms with Gasteiger partial charge in [0.05, 0.1) is 5.56 Å². The summed E-state index contributed by atoms with van der Waals surface area (Å²) in [5.41, 5.74) is 4.11. The van der Waals surface area contributed by atoms with Crippen molar-refractivity contribution in [3.63, 3.8) is 0 Å². The lowest BCUT2D eigenvalue weighted by atomic mass is 10.2. The average molecular weight is 272 g/mol. The van der Waals surface area contributed by atoms with Crippen molar-refractivity contribution >= 4 is 5.91 Å². The highest BCUT2D eigenvalue weighted by atomic mass is 16.2. The van der Waals surface area contributed by atoms with Gasteiger partial charge in [0.1, 0.15) is 12.0 Å². The van der Waals surface area contributed by atoms with Gasteiger partial charge in [-0.25, -0.2) is 9.99 Å². The van der Waals surface area contributed by atoms with Gasteiger partial charge in [-0.2, -0.15) is 5.10 Å². The average Bonchev–Trinajstić information content (AvgIpc) is 3.03. The number of nitrogens with zero attached hydrogens (tertiary/aromatic N) is 4. The molecule has 3 heterocycles. The SMILES string of the molecule is O=C(NN1CCCCC1)c1ccc(-c2ncn[nH]2)nc1. The molecule has 2 aromatic heterocycles. The first-order chi connectivity index (χ1) is 9.83.